The molecular weight excluding hydrogens is 194 g/mol. The van der Waals surface area contributed by atoms with Crippen LogP contribution in [-0.4, -0.2) is 44.8 Å². The highest BCUT2D eigenvalue weighted by Crippen LogP contribution is 1.91. The standard InChI is InChI=1S/C8H16ClNO3/c1-7(9)8(11)10-3-4-13-6-5-12-2/h7H,3-6H2,1-2H3,(H,10,11). The summed E-state index contributed by atoms with van der Waals surface area (Å²) < 4.78 is 9.90. The van der Waals surface area contributed by atoms with E-state index in [1.165, 1.54) is 0 Å². The summed E-state index contributed by atoms with van der Waals surface area (Å²) in [5.74, 6) is -0.169. The first-order chi connectivity index (χ1) is 6.18. The smallest absolute Gasteiger partial charge is 0.237 e. The minimum absolute atomic E-state index is 0.169. The van der Waals surface area contributed by atoms with Gasteiger partial charge in [0.25, 0.3) is 0 Å². The third-order valence-electron chi connectivity index (χ3n) is 1.34. The first-order valence-corrected chi connectivity index (χ1v) is 4.60. The van der Waals surface area contributed by atoms with Crippen molar-refractivity contribution in [1.29, 1.82) is 0 Å². The Hall–Kier alpha value is -0.320. The number of alkyl halides is 1. The van der Waals surface area contributed by atoms with E-state index in [2.05, 4.69) is 5.32 Å². The lowest BCUT2D eigenvalue weighted by Gasteiger charge is -2.06. The van der Waals surface area contributed by atoms with Crippen LogP contribution in [0.5, 0.6) is 0 Å². The van der Waals surface area contributed by atoms with Gasteiger partial charge in [-0.15, -0.1) is 11.6 Å². The molecule has 1 amide bonds. The van der Waals surface area contributed by atoms with Crippen LogP contribution < -0.4 is 5.32 Å². The van der Waals surface area contributed by atoms with E-state index in [1.54, 1.807) is 14.0 Å². The highest BCUT2D eigenvalue weighted by molar-refractivity contribution is 6.30. The predicted octanol–water partition coefficient (Wildman–Crippen LogP) is 0.393. The summed E-state index contributed by atoms with van der Waals surface area (Å²) in [5, 5.41) is 2.14. The first kappa shape index (κ1) is 12.7. The van der Waals surface area contributed by atoms with Gasteiger partial charge in [-0.1, -0.05) is 0 Å². The van der Waals surface area contributed by atoms with E-state index in [0.717, 1.165) is 0 Å². The number of rotatable bonds is 7. The Balaban J connectivity index is 3.12. The third kappa shape index (κ3) is 8.02. The van der Waals surface area contributed by atoms with Gasteiger partial charge in [-0.3, -0.25) is 4.79 Å². The third-order valence-corrected chi connectivity index (χ3v) is 1.54. The van der Waals surface area contributed by atoms with Crippen LogP contribution in [0.2, 0.25) is 0 Å². The summed E-state index contributed by atoms with van der Waals surface area (Å²) in [6.07, 6.45) is 0. The van der Waals surface area contributed by atoms with E-state index in [4.69, 9.17) is 21.1 Å². The second kappa shape index (κ2) is 8.29. The Bertz CT molecular complexity index is 141. The SMILES string of the molecule is COCCOCCNC(=O)C(C)Cl. The summed E-state index contributed by atoms with van der Waals surface area (Å²) in [5.41, 5.74) is 0. The molecule has 0 saturated carbocycles. The van der Waals surface area contributed by atoms with E-state index < -0.39 is 5.38 Å². The average Bonchev–Trinajstić information content (AvgIpc) is 2.10. The molecule has 0 aromatic carbocycles. The second-order valence-electron chi connectivity index (χ2n) is 2.51. The molecule has 5 heteroatoms. The topological polar surface area (TPSA) is 47.6 Å². The molecule has 0 rings (SSSR count). The molecular formula is C8H16ClNO3. The van der Waals surface area contributed by atoms with Gasteiger partial charge >= 0.3 is 0 Å². The van der Waals surface area contributed by atoms with E-state index in [1.807, 2.05) is 0 Å². The van der Waals surface area contributed by atoms with Crippen LogP contribution in [0.4, 0.5) is 0 Å². The molecule has 0 aromatic heterocycles. The van der Waals surface area contributed by atoms with Crippen LogP contribution in [0.25, 0.3) is 0 Å². The monoisotopic (exact) mass is 209 g/mol. The number of hydrogen-bond donors (Lipinski definition) is 1. The minimum Gasteiger partial charge on any atom is -0.382 e. The van der Waals surface area contributed by atoms with Crippen molar-refractivity contribution in [3.05, 3.63) is 0 Å². The van der Waals surface area contributed by atoms with Gasteiger partial charge in [0, 0.05) is 13.7 Å². The van der Waals surface area contributed by atoms with E-state index >= 15 is 0 Å². The van der Waals surface area contributed by atoms with Gasteiger partial charge < -0.3 is 14.8 Å². The van der Waals surface area contributed by atoms with Crippen molar-refractivity contribution >= 4 is 17.5 Å². The van der Waals surface area contributed by atoms with Crippen molar-refractivity contribution in [3.8, 4) is 0 Å². The predicted molar refractivity (Wildman–Crippen MR) is 51.0 cm³/mol. The van der Waals surface area contributed by atoms with Crippen molar-refractivity contribution in [1.82, 2.24) is 5.32 Å². The molecule has 0 aliphatic carbocycles. The molecule has 0 heterocycles. The van der Waals surface area contributed by atoms with Crippen LogP contribution >= 0.6 is 11.6 Å². The zero-order chi connectivity index (χ0) is 10.1. The van der Waals surface area contributed by atoms with Crippen molar-refractivity contribution in [2.24, 2.45) is 0 Å². The average molecular weight is 210 g/mol. The van der Waals surface area contributed by atoms with Crippen LogP contribution in [0.1, 0.15) is 6.92 Å². The molecule has 0 radical (unpaired) electrons. The maximum atomic E-state index is 10.9. The molecule has 0 aromatic rings. The lowest BCUT2D eigenvalue weighted by atomic mass is 10.4. The van der Waals surface area contributed by atoms with Gasteiger partial charge in [0.15, 0.2) is 0 Å². The molecule has 1 atom stereocenters. The summed E-state index contributed by atoms with van der Waals surface area (Å²) in [6.45, 7) is 3.71. The van der Waals surface area contributed by atoms with Gasteiger partial charge in [-0.2, -0.15) is 0 Å². The van der Waals surface area contributed by atoms with Crippen LogP contribution in [0.3, 0.4) is 0 Å². The van der Waals surface area contributed by atoms with E-state index in [9.17, 15) is 4.79 Å². The number of halogens is 1. The molecule has 0 saturated heterocycles. The lowest BCUT2D eigenvalue weighted by Crippen LogP contribution is -2.32. The van der Waals surface area contributed by atoms with Gasteiger partial charge in [-0.05, 0) is 6.92 Å². The van der Waals surface area contributed by atoms with E-state index in [0.29, 0.717) is 26.4 Å². The first-order valence-electron chi connectivity index (χ1n) is 4.17. The molecule has 1 N–H and O–H groups in total. The van der Waals surface area contributed by atoms with Crippen LogP contribution in [0.15, 0.2) is 0 Å². The van der Waals surface area contributed by atoms with Crippen molar-refractivity contribution < 1.29 is 14.3 Å². The number of carbonyl (C=O) groups is 1. The quantitative estimate of drug-likeness (QED) is 0.488. The number of hydrogen-bond acceptors (Lipinski definition) is 3. The number of methoxy groups -OCH3 is 1. The Morgan fingerprint density at radius 3 is 2.69 bits per heavy atom. The zero-order valence-electron chi connectivity index (χ0n) is 8.01. The lowest BCUT2D eigenvalue weighted by molar-refractivity contribution is -0.120. The van der Waals surface area contributed by atoms with Crippen LogP contribution in [-0.2, 0) is 14.3 Å². The zero-order valence-corrected chi connectivity index (χ0v) is 8.76. The highest BCUT2D eigenvalue weighted by Gasteiger charge is 2.06. The number of amides is 1. The number of ether oxygens (including phenoxy) is 2. The fourth-order valence-electron chi connectivity index (χ4n) is 0.631. The van der Waals surface area contributed by atoms with E-state index in [-0.39, 0.29) is 5.91 Å². The molecule has 0 aliphatic heterocycles. The maximum absolute atomic E-state index is 10.9. The fraction of sp³-hybridized carbons (Fsp3) is 0.875. The van der Waals surface area contributed by atoms with Crippen molar-refractivity contribution in [2.75, 3.05) is 33.5 Å². The molecule has 13 heavy (non-hydrogen) atoms. The highest BCUT2D eigenvalue weighted by atomic mass is 35.5. The van der Waals surface area contributed by atoms with Gasteiger partial charge in [0.2, 0.25) is 5.91 Å². The fourth-order valence-corrected chi connectivity index (χ4v) is 0.709. The molecule has 1 unspecified atom stereocenters. The van der Waals surface area contributed by atoms with Gasteiger partial charge in [0.1, 0.15) is 5.38 Å². The number of nitrogens with one attached hydrogen (secondary N) is 1. The summed E-state index contributed by atoms with van der Waals surface area (Å²) in [4.78, 5) is 10.9. The normalized spacial score (nSPS) is 12.5. The summed E-state index contributed by atoms with van der Waals surface area (Å²) >= 11 is 5.52. The molecule has 78 valence electrons. The minimum atomic E-state index is -0.487. The second-order valence-corrected chi connectivity index (χ2v) is 3.17. The Morgan fingerprint density at radius 2 is 2.15 bits per heavy atom. The molecule has 0 aliphatic rings. The van der Waals surface area contributed by atoms with Crippen molar-refractivity contribution in [3.63, 3.8) is 0 Å². The Morgan fingerprint density at radius 1 is 1.46 bits per heavy atom. The largest absolute Gasteiger partial charge is 0.382 e. The molecule has 4 nitrogen and oxygen atoms in total. The van der Waals surface area contributed by atoms with Gasteiger partial charge in [0.05, 0.1) is 19.8 Å². The van der Waals surface area contributed by atoms with Crippen molar-refractivity contribution in [2.45, 2.75) is 12.3 Å². The van der Waals surface area contributed by atoms with Gasteiger partial charge in [-0.25, -0.2) is 0 Å². The Labute approximate surface area is 83.5 Å². The van der Waals surface area contributed by atoms with Crippen LogP contribution in [0, 0.1) is 0 Å². The molecule has 0 bridgehead atoms. The number of carbonyl (C=O) groups excluding carboxylic acids is 1. The summed E-state index contributed by atoms with van der Waals surface area (Å²) in [7, 11) is 1.61. The Kier molecular flexibility index (Phi) is 8.08. The molecule has 0 fully saturated rings. The molecule has 0 spiro atoms. The maximum Gasteiger partial charge on any atom is 0.237 e. The summed E-state index contributed by atoms with van der Waals surface area (Å²) in [6, 6.07) is 0.